The van der Waals surface area contributed by atoms with E-state index in [4.69, 9.17) is 9.73 Å². The Morgan fingerprint density at radius 2 is 2.11 bits per heavy atom. The summed E-state index contributed by atoms with van der Waals surface area (Å²) in [6.07, 6.45) is 4.65. The number of aryl methyl sites for hydroxylation is 1. The Balaban J connectivity index is 1.60. The Bertz CT molecular complexity index is 819. The molecule has 1 aliphatic heterocycles. The Labute approximate surface area is 167 Å². The molecule has 3 rings (SSSR count). The minimum Gasteiger partial charge on any atom is -0.466 e. The smallest absolute Gasteiger partial charge is 0.309 e. The number of H-pyrrole nitrogens is 1. The lowest BCUT2D eigenvalue weighted by Crippen LogP contribution is -2.46. The number of fused-ring (bicyclic) bond motifs is 1. The van der Waals surface area contributed by atoms with Crippen molar-refractivity contribution in [3.8, 4) is 0 Å². The lowest BCUT2D eigenvalue weighted by Gasteiger charge is -2.33. The highest BCUT2D eigenvalue weighted by Crippen LogP contribution is 2.22. The van der Waals surface area contributed by atoms with E-state index in [0.29, 0.717) is 6.61 Å². The number of benzene rings is 1. The van der Waals surface area contributed by atoms with E-state index < -0.39 is 0 Å². The van der Waals surface area contributed by atoms with Gasteiger partial charge in [-0.3, -0.25) is 9.79 Å². The van der Waals surface area contributed by atoms with Crippen molar-refractivity contribution >= 4 is 22.8 Å². The third kappa shape index (κ3) is 4.66. The number of likely N-dealkylation sites (tertiary alicyclic amines) is 1. The quantitative estimate of drug-likeness (QED) is 0.456. The number of aromatic nitrogens is 1. The maximum Gasteiger partial charge on any atom is 0.309 e. The van der Waals surface area contributed by atoms with Gasteiger partial charge in [0.1, 0.15) is 0 Å². The van der Waals surface area contributed by atoms with Crippen molar-refractivity contribution < 1.29 is 9.53 Å². The topological polar surface area (TPSA) is 69.7 Å². The number of esters is 1. The Morgan fingerprint density at radius 1 is 1.32 bits per heavy atom. The van der Waals surface area contributed by atoms with Gasteiger partial charge in [-0.25, -0.2) is 0 Å². The fraction of sp³-hybridized carbons (Fsp3) is 0.545. The standard InChI is InChI=1S/C22H32N4O2/c1-4-23-22(26-13-10-17(11-14-26)21(27)28-5-2)24-12-9-18-15-25-20-16(3)7-6-8-19(18)20/h6-8,15,17,25H,4-5,9-14H2,1-3H3,(H,23,24). The molecular weight excluding hydrogens is 352 g/mol. The third-order valence-electron chi connectivity index (χ3n) is 5.40. The normalized spacial score (nSPS) is 15.8. The van der Waals surface area contributed by atoms with Gasteiger partial charge in [0.15, 0.2) is 5.96 Å². The van der Waals surface area contributed by atoms with Gasteiger partial charge in [-0.05, 0) is 51.2 Å². The van der Waals surface area contributed by atoms with E-state index in [0.717, 1.165) is 51.4 Å². The van der Waals surface area contributed by atoms with E-state index in [1.807, 2.05) is 6.92 Å². The van der Waals surface area contributed by atoms with Crippen LogP contribution < -0.4 is 5.32 Å². The van der Waals surface area contributed by atoms with Gasteiger partial charge < -0.3 is 19.9 Å². The van der Waals surface area contributed by atoms with Crippen LogP contribution in [0.3, 0.4) is 0 Å². The zero-order valence-corrected chi connectivity index (χ0v) is 17.3. The van der Waals surface area contributed by atoms with E-state index in [9.17, 15) is 4.79 Å². The third-order valence-corrected chi connectivity index (χ3v) is 5.40. The second kappa shape index (κ2) is 9.62. The highest BCUT2D eigenvalue weighted by atomic mass is 16.5. The molecule has 2 N–H and O–H groups in total. The Kier molecular flexibility index (Phi) is 6.95. The first-order chi connectivity index (χ1) is 13.6. The van der Waals surface area contributed by atoms with Crippen LogP contribution in [0.25, 0.3) is 10.9 Å². The van der Waals surface area contributed by atoms with Crippen molar-refractivity contribution in [2.45, 2.75) is 40.0 Å². The van der Waals surface area contributed by atoms with Crippen LogP contribution in [-0.4, -0.2) is 54.6 Å². The fourth-order valence-corrected chi connectivity index (χ4v) is 3.87. The molecule has 1 aromatic carbocycles. The van der Waals surface area contributed by atoms with Crippen LogP contribution >= 0.6 is 0 Å². The summed E-state index contributed by atoms with van der Waals surface area (Å²) in [7, 11) is 0. The zero-order valence-electron chi connectivity index (χ0n) is 17.3. The number of piperidine rings is 1. The SMILES string of the molecule is CCNC(=NCCc1c[nH]c2c(C)cccc12)N1CCC(C(=O)OCC)CC1. The van der Waals surface area contributed by atoms with Gasteiger partial charge in [0, 0.05) is 43.3 Å². The zero-order chi connectivity index (χ0) is 19.9. The predicted octanol–water partition coefficient (Wildman–Crippen LogP) is 3.26. The molecule has 2 heterocycles. The number of guanidine groups is 1. The van der Waals surface area contributed by atoms with Crippen molar-refractivity contribution in [2.24, 2.45) is 10.9 Å². The number of para-hydroxylation sites is 1. The predicted molar refractivity (Wildman–Crippen MR) is 114 cm³/mol. The van der Waals surface area contributed by atoms with E-state index in [2.05, 4.69) is 53.4 Å². The first-order valence-corrected chi connectivity index (χ1v) is 10.4. The van der Waals surface area contributed by atoms with Crippen LogP contribution in [0.15, 0.2) is 29.4 Å². The molecule has 1 fully saturated rings. The molecule has 152 valence electrons. The average molecular weight is 385 g/mol. The summed E-state index contributed by atoms with van der Waals surface area (Å²) in [6, 6.07) is 6.41. The summed E-state index contributed by atoms with van der Waals surface area (Å²) in [5, 5.41) is 4.69. The van der Waals surface area contributed by atoms with E-state index in [1.165, 1.54) is 22.0 Å². The molecule has 6 nitrogen and oxygen atoms in total. The van der Waals surface area contributed by atoms with Crippen molar-refractivity contribution in [2.75, 3.05) is 32.8 Å². The summed E-state index contributed by atoms with van der Waals surface area (Å²) < 4.78 is 5.17. The number of carbonyl (C=O) groups is 1. The molecule has 0 amide bonds. The monoisotopic (exact) mass is 384 g/mol. The average Bonchev–Trinajstić information content (AvgIpc) is 3.12. The number of nitrogens with one attached hydrogen (secondary N) is 2. The van der Waals surface area contributed by atoms with Gasteiger partial charge >= 0.3 is 5.97 Å². The number of aromatic amines is 1. The van der Waals surface area contributed by atoms with Crippen molar-refractivity contribution in [1.29, 1.82) is 0 Å². The first-order valence-electron chi connectivity index (χ1n) is 10.4. The molecule has 0 atom stereocenters. The summed E-state index contributed by atoms with van der Waals surface area (Å²) in [5.41, 5.74) is 3.79. The van der Waals surface area contributed by atoms with Crippen LogP contribution in [0, 0.1) is 12.8 Å². The largest absolute Gasteiger partial charge is 0.466 e. The second-order valence-corrected chi connectivity index (χ2v) is 7.31. The number of rotatable bonds is 6. The summed E-state index contributed by atoms with van der Waals surface area (Å²) in [5.74, 6) is 0.910. The Morgan fingerprint density at radius 3 is 2.82 bits per heavy atom. The van der Waals surface area contributed by atoms with Crippen LogP contribution in [0.4, 0.5) is 0 Å². The first kappa shape index (κ1) is 20.2. The summed E-state index contributed by atoms with van der Waals surface area (Å²) >= 11 is 0. The van der Waals surface area contributed by atoms with Gasteiger partial charge in [0.05, 0.1) is 12.5 Å². The maximum atomic E-state index is 11.9. The molecule has 0 aliphatic carbocycles. The molecule has 1 aliphatic rings. The van der Waals surface area contributed by atoms with Crippen molar-refractivity contribution in [3.63, 3.8) is 0 Å². The molecule has 2 aromatic rings. The molecule has 0 bridgehead atoms. The fourth-order valence-electron chi connectivity index (χ4n) is 3.87. The van der Waals surface area contributed by atoms with Gasteiger partial charge in [-0.15, -0.1) is 0 Å². The number of hydrogen-bond donors (Lipinski definition) is 2. The summed E-state index contributed by atoms with van der Waals surface area (Å²) in [6.45, 7) is 9.77. The molecule has 28 heavy (non-hydrogen) atoms. The highest BCUT2D eigenvalue weighted by Gasteiger charge is 2.27. The second-order valence-electron chi connectivity index (χ2n) is 7.31. The lowest BCUT2D eigenvalue weighted by atomic mass is 9.97. The van der Waals surface area contributed by atoms with Crippen molar-refractivity contribution in [1.82, 2.24) is 15.2 Å². The molecule has 1 aromatic heterocycles. The molecule has 0 radical (unpaired) electrons. The van der Waals surface area contributed by atoms with Gasteiger partial charge in [-0.2, -0.15) is 0 Å². The minimum atomic E-state index is -0.0567. The number of hydrogen-bond acceptors (Lipinski definition) is 3. The molecule has 1 saturated heterocycles. The number of aliphatic imine (C=N–C) groups is 1. The van der Waals surface area contributed by atoms with Crippen LogP contribution in [0.2, 0.25) is 0 Å². The van der Waals surface area contributed by atoms with Gasteiger partial charge in [0.2, 0.25) is 0 Å². The number of nitrogens with zero attached hydrogens (tertiary/aromatic N) is 2. The number of ether oxygens (including phenoxy) is 1. The van der Waals surface area contributed by atoms with Gasteiger partial charge in [-0.1, -0.05) is 18.2 Å². The Hall–Kier alpha value is -2.50. The maximum absolute atomic E-state index is 11.9. The minimum absolute atomic E-state index is 0.0218. The molecule has 6 heteroatoms. The molecule has 0 saturated carbocycles. The van der Waals surface area contributed by atoms with Crippen molar-refractivity contribution in [3.05, 3.63) is 35.5 Å². The van der Waals surface area contributed by atoms with Crippen LogP contribution in [-0.2, 0) is 16.0 Å². The van der Waals surface area contributed by atoms with E-state index in [-0.39, 0.29) is 11.9 Å². The van der Waals surface area contributed by atoms with Crippen LogP contribution in [0.5, 0.6) is 0 Å². The van der Waals surface area contributed by atoms with Gasteiger partial charge in [0.25, 0.3) is 0 Å². The number of carbonyl (C=O) groups excluding carboxylic acids is 1. The molecule has 0 unspecified atom stereocenters. The van der Waals surface area contributed by atoms with E-state index >= 15 is 0 Å². The lowest BCUT2D eigenvalue weighted by molar-refractivity contribution is -0.149. The molecular formula is C22H32N4O2. The van der Waals surface area contributed by atoms with Crippen LogP contribution in [0.1, 0.15) is 37.8 Å². The van der Waals surface area contributed by atoms with E-state index in [1.54, 1.807) is 0 Å². The highest BCUT2D eigenvalue weighted by molar-refractivity contribution is 5.86. The molecule has 0 spiro atoms. The summed E-state index contributed by atoms with van der Waals surface area (Å²) in [4.78, 5) is 22.4.